The van der Waals surface area contributed by atoms with Gasteiger partial charge in [0.15, 0.2) is 5.69 Å². The molecular formula is C25H32N4O4. The van der Waals surface area contributed by atoms with Crippen molar-refractivity contribution in [3.63, 3.8) is 0 Å². The van der Waals surface area contributed by atoms with Gasteiger partial charge in [-0.05, 0) is 37.3 Å². The molecule has 0 saturated heterocycles. The minimum absolute atomic E-state index is 0.0672. The maximum atomic E-state index is 13.3. The van der Waals surface area contributed by atoms with Crippen LogP contribution in [-0.4, -0.2) is 51.0 Å². The summed E-state index contributed by atoms with van der Waals surface area (Å²) in [5, 5.41) is 13.0. The topological polar surface area (TPSA) is 105 Å². The minimum atomic E-state index is -0.797. The van der Waals surface area contributed by atoms with Crippen molar-refractivity contribution >= 4 is 11.8 Å². The van der Waals surface area contributed by atoms with Crippen molar-refractivity contribution in [1.29, 1.82) is 0 Å². The van der Waals surface area contributed by atoms with Crippen molar-refractivity contribution in [2.24, 2.45) is 0 Å². The molecule has 2 N–H and O–H groups in total. The predicted molar refractivity (Wildman–Crippen MR) is 124 cm³/mol. The van der Waals surface area contributed by atoms with Crippen LogP contribution < -0.4 is 10.9 Å². The summed E-state index contributed by atoms with van der Waals surface area (Å²) in [6, 6.07) is 8.33. The number of aryl methyl sites for hydroxylation is 1. The first-order chi connectivity index (χ1) is 15.8. The molecule has 1 aliphatic carbocycles. The Labute approximate surface area is 193 Å². The molecular weight excluding hydrogens is 420 g/mol. The van der Waals surface area contributed by atoms with Crippen LogP contribution >= 0.6 is 0 Å². The van der Waals surface area contributed by atoms with E-state index in [1.165, 1.54) is 23.1 Å². The fourth-order valence-corrected chi connectivity index (χ4v) is 5.34. The lowest BCUT2D eigenvalue weighted by Crippen LogP contribution is -2.52. The maximum absolute atomic E-state index is 13.3. The zero-order valence-corrected chi connectivity index (χ0v) is 19.6. The molecule has 1 aromatic carbocycles. The SMILES string of the molecule is CCc1cccc(C2(Cc3nc(=O)c(O)c4n3C[C@H](C)N(CC(=O)NC)C4=O)CCCC2)c1. The van der Waals surface area contributed by atoms with E-state index >= 15 is 0 Å². The molecule has 1 fully saturated rings. The lowest BCUT2D eigenvalue weighted by molar-refractivity contribution is -0.121. The summed E-state index contributed by atoms with van der Waals surface area (Å²) in [6.07, 6.45) is 5.64. The van der Waals surface area contributed by atoms with Gasteiger partial charge in [-0.2, -0.15) is 4.98 Å². The summed E-state index contributed by atoms with van der Waals surface area (Å²) >= 11 is 0. The Kier molecular flexibility index (Phi) is 6.28. The van der Waals surface area contributed by atoms with Crippen molar-refractivity contribution in [3.05, 3.63) is 57.3 Å². The van der Waals surface area contributed by atoms with Gasteiger partial charge >= 0.3 is 5.56 Å². The Morgan fingerprint density at radius 2 is 2.00 bits per heavy atom. The minimum Gasteiger partial charge on any atom is -0.501 e. The summed E-state index contributed by atoms with van der Waals surface area (Å²) < 4.78 is 1.70. The molecule has 4 rings (SSSR count). The molecule has 176 valence electrons. The van der Waals surface area contributed by atoms with Crippen molar-refractivity contribution in [2.45, 2.75) is 70.4 Å². The number of rotatable bonds is 6. The summed E-state index contributed by atoms with van der Waals surface area (Å²) in [7, 11) is 1.51. The predicted octanol–water partition coefficient (Wildman–Crippen LogP) is 2.16. The first kappa shape index (κ1) is 23.0. The fourth-order valence-electron chi connectivity index (χ4n) is 5.34. The van der Waals surface area contributed by atoms with Crippen molar-refractivity contribution < 1.29 is 14.7 Å². The highest BCUT2D eigenvalue weighted by atomic mass is 16.3. The Balaban J connectivity index is 1.78. The zero-order valence-electron chi connectivity index (χ0n) is 19.6. The number of hydrogen-bond donors (Lipinski definition) is 2. The summed E-state index contributed by atoms with van der Waals surface area (Å²) in [5.74, 6) is -0.952. The van der Waals surface area contributed by atoms with E-state index in [4.69, 9.17) is 0 Å². The molecule has 1 aromatic heterocycles. The van der Waals surface area contributed by atoms with E-state index in [9.17, 15) is 19.5 Å². The van der Waals surface area contributed by atoms with Crippen molar-refractivity contribution in [2.75, 3.05) is 13.6 Å². The number of nitrogens with zero attached hydrogens (tertiary/aromatic N) is 3. The van der Waals surface area contributed by atoms with E-state index in [2.05, 4.69) is 41.5 Å². The molecule has 33 heavy (non-hydrogen) atoms. The molecule has 1 aliphatic heterocycles. The first-order valence-electron chi connectivity index (χ1n) is 11.7. The van der Waals surface area contributed by atoms with Crippen LogP contribution in [0.15, 0.2) is 29.1 Å². The van der Waals surface area contributed by atoms with E-state index in [0.29, 0.717) is 18.8 Å². The van der Waals surface area contributed by atoms with E-state index < -0.39 is 17.2 Å². The molecule has 8 heteroatoms. The number of likely N-dealkylation sites (N-methyl/N-ethyl adjacent to an activating group) is 1. The van der Waals surface area contributed by atoms with Crippen LogP contribution in [-0.2, 0) is 29.6 Å². The first-order valence-corrected chi connectivity index (χ1v) is 11.7. The normalized spacial score (nSPS) is 19.4. The highest BCUT2D eigenvalue weighted by Crippen LogP contribution is 2.44. The molecule has 2 aromatic rings. The zero-order chi connectivity index (χ0) is 23.8. The largest absolute Gasteiger partial charge is 0.501 e. The molecule has 2 heterocycles. The van der Waals surface area contributed by atoms with Crippen LogP contribution in [0.3, 0.4) is 0 Å². The number of aromatic nitrogens is 2. The molecule has 8 nitrogen and oxygen atoms in total. The number of nitrogens with one attached hydrogen (secondary N) is 1. The summed E-state index contributed by atoms with van der Waals surface area (Å²) in [4.78, 5) is 43.5. The third kappa shape index (κ3) is 4.14. The molecule has 0 bridgehead atoms. The number of amides is 2. The van der Waals surface area contributed by atoms with E-state index in [-0.39, 0.29) is 29.6 Å². The molecule has 0 radical (unpaired) electrons. The highest BCUT2D eigenvalue weighted by Gasteiger charge is 2.40. The summed E-state index contributed by atoms with van der Waals surface area (Å²) in [6.45, 7) is 4.23. The van der Waals surface area contributed by atoms with Crippen molar-refractivity contribution in [3.8, 4) is 5.75 Å². The van der Waals surface area contributed by atoms with Gasteiger partial charge in [0.1, 0.15) is 12.4 Å². The molecule has 1 saturated carbocycles. The maximum Gasteiger partial charge on any atom is 0.315 e. The van der Waals surface area contributed by atoms with Crippen LogP contribution in [0.5, 0.6) is 5.75 Å². The second-order valence-electron chi connectivity index (χ2n) is 9.31. The van der Waals surface area contributed by atoms with Crippen LogP contribution in [0, 0.1) is 0 Å². The van der Waals surface area contributed by atoms with Gasteiger partial charge in [-0.25, -0.2) is 0 Å². The van der Waals surface area contributed by atoms with Gasteiger partial charge in [-0.15, -0.1) is 0 Å². The average molecular weight is 453 g/mol. The van der Waals surface area contributed by atoms with Gasteiger partial charge in [0.05, 0.1) is 0 Å². The molecule has 1 atom stereocenters. The third-order valence-corrected chi connectivity index (χ3v) is 7.28. The Bertz CT molecular complexity index is 1130. The summed E-state index contributed by atoms with van der Waals surface area (Å²) in [5.41, 5.74) is 1.49. The van der Waals surface area contributed by atoms with Gasteiger partial charge in [-0.1, -0.05) is 44.0 Å². The standard InChI is InChI=1S/C25H32N4O4/c1-4-17-8-7-9-18(12-17)25(10-5-6-11-25)13-19-27-23(32)22(31)21-24(33)28(15-20(30)26-3)16(2)14-29(19)21/h7-9,12,16,31H,4-6,10-11,13-15H2,1-3H3,(H,26,30)/t16-/m0/s1. The molecule has 2 aliphatic rings. The van der Waals surface area contributed by atoms with Crippen LogP contribution in [0.2, 0.25) is 0 Å². The van der Waals surface area contributed by atoms with Gasteiger partial charge in [0.25, 0.3) is 5.91 Å². The lowest BCUT2D eigenvalue weighted by atomic mass is 9.75. The van der Waals surface area contributed by atoms with Crippen LogP contribution in [0.1, 0.15) is 67.0 Å². The van der Waals surface area contributed by atoms with Crippen LogP contribution in [0.4, 0.5) is 0 Å². The quantitative estimate of drug-likeness (QED) is 0.699. The van der Waals surface area contributed by atoms with Crippen LogP contribution in [0.25, 0.3) is 0 Å². The third-order valence-electron chi connectivity index (χ3n) is 7.28. The van der Waals surface area contributed by atoms with E-state index in [0.717, 1.165) is 32.1 Å². The van der Waals surface area contributed by atoms with Gasteiger partial charge in [0.2, 0.25) is 11.7 Å². The Morgan fingerprint density at radius 3 is 2.67 bits per heavy atom. The number of hydrogen-bond acceptors (Lipinski definition) is 5. The second-order valence-corrected chi connectivity index (χ2v) is 9.31. The average Bonchev–Trinajstić information content (AvgIpc) is 3.29. The molecule has 0 unspecified atom stereocenters. The number of fused-ring (bicyclic) bond motifs is 1. The van der Waals surface area contributed by atoms with Gasteiger partial charge in [0, 0.05) is 31.5 Å². The van der Waals surface area contributed by atoms with Gasteiger partial charge in [-0.3, -0.25) is 14.4 Å². The Morgan fingerprint density at radius 1 is 1.27 bits per heavy atom. The number of benzene rings is 1. The number of carbonyl (C=O) groups excluding carboxylic acids is 2. The molecule has 0 spiro atoms. The lowest BCUT2D eigenvalue weighted by Gasteiger charge is -2.37. The number of aromatic hydroxyl groups is 1. The number of carbonyl (C=O) groups is 2. The molecule has 2 amide bonds. The fraction of sp³-hybridized carbons (Fsp3) is 0.520. The monoisotopic (exact) mass is 452 g/mol. The second kappa shape index (κ2) is 9.00. The van der Waals surface area contributed by atoms with E-state index in [1.54, 1.807) is 4.57 Å². The highest BCUT2D eigenvalue weighted by molar-refractivity contribution is 5.98. The van der Waals surface area contributed by atoms with E-state index in [1.807, 2.05) is 6.92 Å². The van der Waals surface area contributed by atoms with Crippen molar-refractivity contribution in [1.82, 2.24) is 19.8 Å². The smallest absolute Gasteiger partial charge is 0.315 e. The Hall–Kier alpha value is -3.16. The van der Waals surface area contributed by atoms with Gasteiger partial charge < -0.3 is 19.9 Å².